The molecule has 0 radical (unpaired) electrons. The van der Waals surface area contributed by atoms with E-state index in [0.29, 0.717) is 11.5 Å². The fourth-order valence-corrected chi connectivity index (χ4v) is 5.75. The van der Waals surface area contributed by atoms with Gasteiger partial charge in [0.1, 0.15) is 0 Å². The zero-order valence-electron chi connectivity index (χ0n) is 8.71. The maximum atomic E-state index is 12.8. The first kappa shape index (κ1) is 13.4. The molecular formula is C9H15F3OS2. The molecule has 1 heterocycles. The summed E-state index contributed by atoms with van der Waals surface area (Å²) in [5, 5.41) is 0. The molecule has 0 spiro atoms. The topological polar surface area (TPSA) is 17.1 Å². The molecule has 1 aliphatic heterocycles. The first-order valence-corrected chi connectivity index (χ1v) is 7.32. The second kappa shape index (κ2) is 5.08. The van der Waals surface area contributed by atoms with Gasteiger partial charge in [-0.1, -0.05) is 13.8 Å². The largest absolute Gasteiger partial charge is 0.394 e. The van der Waals surface area contributed by atoms with E-state index in [2.05, 4.69) is 0 Å². The summed E-state index contributed by atoms with van der Waals surface area (Å²) in [4.78, 5) is 0. The Bertz CT molecular complexity index is 240. The van der Waals surface area contributed by atoms with E-state index in [1.54, 1.807) is 13.8 Å². The van der Waals surface area contributed by atoms with Crippen molar-refractivity contribution in [2.24, 2.45) is 11.8 Å². The van der Waals surface area contributed by atoms with Crippen LogP contribution in [0.2, 0.25) is 0 Å². The Kier molecular flexibility index (Phi) is 4.52. The number of thioether (sulfide) groups is 1. The van der Waals surface area contributed by atoms with Crippen LogP contribution in [0.4, 0.5) is 13.2 Å². The van der Waals surface area contributed by atoms with Gasteiger partial charge in [0.25, 0.3) is 0 Å². The minimum Gasteiger partial charge on any atom is -0.258 e. The second-order valence-corrected chi connectivity index (χ2v) is 7.21. The Balaban J connectivity index is 2.83. The molecule has 0 aromatic rings. The maximum Gasteiger partial charge on any atom is 0.394 e. The smallest absolute Gasteiger partial charge is 0.258 e. The summed E-state index contributed by atoms with van der Waals surface area (Å²) in [5.74, 6) is -0.847. The van der Waals surface area contributed by atoms with Gasteiger partial charge >= 0.3 is 6.18 Å². The summed E-state index contributed by atoms with van der Waals surface area (Å²) in [6.45, 7) is 3.09. The third-order valence-electron chi connectivity index (χ3n) is 2.42. The molecule has 1 unspecified atom stereocenters. The standard InChI is InChI=1S/C9H15F3OS2/c1-6(2)7(9(10,11)12)8-14-4-3-5-15(8)13/h6-8H,3-5H2,1-2H3/t7-,8+,15?/m1/s1. The van der Waals surface area contributed by atoms with Gasteiger partial charge < -0.3 is 0 Å². The first-order chi connectivity index (χ1) is 6.84. The second-order valence-electron chi connectivity index (χ2n) is 3.99. The molecule has 0 aromatic carbocycles. The lowest BCUT2D eigenvalue weighted by Gasteiger charge is -2.33. The van der Waals surface area contributed by atoms with Crippen LogP contribution in [0.3, 0.4) is 0 Å². The van der Waals surface area contributed by atoms with Crippen molar-refractivity contribution in [3.63, 3.8) is 0 Å². The summed E-state index contributed by atoms with van der Waals surface area (Å²) in [5.41, 5.74) is 0. The fraction of sp³-hybridized carbons (Fsp3) is 1.00. The average Bonchev–Trinajstić information content (AvgIpc) is 2.05. The Morgan fingerprint density at radius 3 is 2.40 bits per heavy atom. The molecule has 1 nitrogen and oxygen atoms in total. The zero-order valence-corrected chi connectivity index (χ0v) is 10.3. The van der Waals surface area contributed by atoms with Crippen LogP contribution in [0.5, 0.6) is 0 Å². The molecule has 0 bridgehead atoms. The van der Waals surface area contributed by atoms with Crippen molar-refractivity contribution in [3.05, 3.63) is 0 Å². The van der Waals surface area contributed by atoms with Gasteiger partial charge in [-0.15, -0.1) is 11.8 Å². The third kappa shape index (κ3) is 3.37. The Morgan fingerprint density at radius 1 is 1.40 bits per heavy atom. The van der Waals surface area contributed by atoms with Crippen molar-refractivity contribution >= 4 is 22.6 Å². The summed E-state index contributed by atoms with van der Waals surface area (Å²) in [6.07, 6.45) is -3.48. The molecule has 15 heavy (non-hydrogen) atoms. The van der Waals surface area contributed by atoms with Crippen molar-refractivity contribution in [1.29, 1.82) is 0 Å². The lowest BCUT2D eigenvalue weighted by molar-refractivity contribution is -0.181. The minimum atomic E-state index is -4.24. The van der Waals surface area contributed by atoms with Crippen molar-refractivity contribution < 1.29 is 17.4 Å². The molecule has 0 aromatic heterocycles. The van der Waals surface area contributed by atoms with Crippen LogP contribution in [0.1, 0.15) is 20.3 Å². The Hall–Kier alpha value is 0.290. The van der Waals surface area contributed by atoms with Crippen molar-refractivity contribution in [2.75, 3.05) is 11.5 Å². The zero-order chi connectivity index (χ0) is 11.6. The van der Waals surface area contributed by atoms with E-state index in [0.717, 1.165) is 6.42 Å². The van der Waals surface area contributed by atoms with Gasteiger partial charge in [0.2, 0.25) is 0 Å². The number of hydrogen-bond acceptors (Lipinski definition) is 2. The van der Waals surface area contributed by atoms with Crippen LogP contribution in [-0.4, -0.2) is 26.5 Å². The summed E-state index contributed by atoms with van der Waals surface area (Å²) < 4.78 is 49.2. The first-order valence-electron chi connectivity index (χ1n) is 4.89. The van der Waals surface area contributed by atoms with Crippen LogP contribution < -0.4 is 0 Å². The molecular weight excluding hydrogens is 245 g/mol. The molecule has 0 aliphatic carbocycles. The lowest BCUT2D eigenvalue weighted by atomic mass is 9.97. The van der Waals surface area contributed by atoms with E-state index in [-0.39, 0.29) is 0 Å². The summed E-state index contributed by atoms with van der Waals surface area (Å²) in [6, 6.07) is 0. The molecule has 1 rings (SSSR count). The highest BCUT2D eigenvalue weighted by Gasteiger charge is 2.49. The van der Waals surface area contributed by atoms with Crippen LogP contribution in [0, 0.1) is 11.8 Å². The van der Waals surface area contributed by atoms with E-state index in [9.17, 15) is 17.4 Å². The van der Waals surface area contributed by atoms with Gasteiger partial charge in [-0.2, -0.15) is 13.2 Å². The third-order valence-corrected chi connectivity index (χ3v) is 6.12. The van der Waals surface area contributed by atoms with Gasteiger partial charge in [0.15, 0.2) is 0 Å². The normalized spacial score (nSPS) is 30.5. The van der Waals surface area contributed by atoms with Crippen LogP contribution in [-0.2, 0) is 10.8 Å². The molecule has 0 N–H and O–H groups in total. The predicted molar refractivity (Wildman–Crippen MR) is 58.3 cm³/mol. The number of hydrogen-bond donors (Lipinski definition) is 0. The Labute approximate surface area is 94.6 Å². The molecule has 1 saturated heterocycles. The van der Waals surface area contributed by atoms with Gasteiger partial charge in [-0.05, 0) is 18.1 Å². The highest BCUT2D eigenvalue weighted by atomic mass is 32.2. The molecule has 1 fully saturated rings. The van der Waals surface area contributed by atoms with Crippen molar-refractivity contribution in [3.8, 4) is 0 Å². The monoisotopic (exact) mass is 260 g/mol. The van der Waals surface area contributed by atoms with Gasteiger partial charge in [0.05, 0.1) is 10.5 Å². The quantitative estimate of drug-likeness (QED) is 0.759. The molecule has 0 saturated carbocycles. The summed E-state index contributed by atoms with van der Waals surface area (Å²) >= 11 is 1.21. The summed E-state index contributed by atoms with van der Waals surface area (Å²) in [7, 11) is -1.33. The van der Waals surface area contributed by atoms with Crippen LogP contribution in [0.25, 0.3) is 0 Å². The van der Waals surface area contributed by atoms with Gasteiger partial charge in [-0.3, -0.25) is 4.21 Å². The molecule has 90 valence electrons. The van der Waals surface area contributed by atoms with Crippen LogP contribution >= 0.6 is 11.8 Å². The van der Waals surface area contributed by atoms with Crippen molar-refractivity contribution in [1.82, 2.24) is 0 Å². The SMILES string of the molecule is CC(C)[C@H]([C@H]1SCCCS1=O)C(F)(F)F. The van der Waals surface area contributed by atoms with Gasteiger partial charge in [0, 0.05) is 16.6 Å². The average molecular weight is 260 g/mol. The molecule has 0 amide bonds. The Morgan fingerprint density at radius 2 is 2.00 bits per heavy atom. The number of halogens is 3. The molecule has 1 aliphatic rings. The highest BCUT2D eigenvalue weighted by Crippen LogP contribution is 2.42. The van der Waals surface area contributed by atoms with E-state index in [1.807, 2.05) is 0 Å². The minimum absolute atomic E-state index is 0.414. The highest BCUT2D eigenvalue weighted by molar-refractivity contribution is 8.11. The molecule has 3 atom stereocenters. The van der Waals surface area contributed by atoms with E-state index < -0.39 is 33.4 Å². The van der Waals surface area contributed by atoms with Crippen molar-refractivity contribution in [2.45, 2.75) is 31.0 Å². The molecule has 6 heteroatoms. The number of rotatable bonds is 2. The van der Waals surface area contributed by atoms with E-state index >= 15 is 0 Å². The number of alkyl halides is 3. The van der Waals surface area contributed by atoms with E-state index in [4.69, 9.17) is 0 Å². The van der Waals surface area contributed by atoms with Gasteiger partial charge in [-0.25, -0.2) is 0 Å². The maximum absolute atomic E-state index is 12.8. The lowest BCUT2D eigenvalue weighted by Crippen LogP contribution is -2.40. The fourth-order valence-electron chi connectivity index (χ4n) is 1.71. The predicted octanol–water partition coefficient (Wildman–Crippen LogP) is 3.03. The van der Waals surface area contributed by atoms with Crippen LogP contribution in [0.15, 0.2) is 0 Å². The van der Waals surface area contributed by atoms with E-state index in [1.165, 1.54) is 11.8 Å².